The average molecular weight is 561 g/mol. The summed E-state index contributed by atoms with van der Waals surface area (Å²) in [6.07, 6.45) is 0.825. The lowest BCUT2D eigenvalue weighted by Gasteiger charge is -2.51. The van der Waals surface area contributed by atoms with Gasteiger partial charge in [-0.3, -0.25) is 0 Å². The lowest BCUT2D eigenvalue weighted by atomic mass is 9.72. The molecule has 0 N–H and O–H groups in total. The van der Waals surface area contributed by atoms with Crippen molar-refractivity contribution in [1.82, 2.24) is 9.80 Å². The fraction of sp³-hybridized carbons (Fsp3) is 0.548. The molecule has 0 heterocycles. The number of benzene rings is 2. The molecule has 0 aliphatic heterocycles. The van der Waals surface area contributed by atoms with Crippen molar-refractivity contribution in [2.75, 3.05) is 33.9 Å². The van der Waals surface area contributed by atoms with Crippen molar-refractivity contribution in [2.45, 2.75) is 77.3 Å². The van der Waals surface area contributed by atoms with E-state index < -0.39 is 42.3 Å². The van der Waals surface area contributed by atoms with Crippen molar-refractivity contribution in [3.05, 3.63) is 59.2 Å². The third-order valence-electron chi connectivity index (χ3n) is 7.68. The third-order valence-corrected chi connectivity index (χ3v) is 7.68. The smallest absolute Gasteiger partial charge is 0.332 e. The fourth-order valence-corrected chi connectivity index (χ4v) is 5.31. The van der Waals surface area contributed by atoms with Crippen LogP contribution in [0.4, 0.5) is 13.6 Å². The Morgan fingerprint density at radius 2 is 1.57 bits per heavy atom. The molecule has 0 bridgehead atoms. The lowest BCUT2D eigenvalue weighted by molar-refractivity contribution is -0.195. The highest BCUT2D eigenvalue weighted by Crippen LogP contribution is 2.50. The molecular formula is C31H42F2N2O5. The van der Waals surface area contributed by atoms with Crippen molar-refractivity contribution in [2.24, 2.45) is 0 Å². The van der Waals surface area contributed by atoms with Gasteiger partial charge >= 0.3 is 12.0 Å². The summed E-state index contributed by atoms with van der Waals surface area (Å²) in [4.78, 5) is 29.5. The minimum absolute atomic E-state index is 0.368. The van der Waals surface area contributed by atoms with E-state index in [2.05, 4.69) is 12.1 Å². The number of unbranched alkanes of at least 4 members (excludes halogenated alkanes) is 1. The predicted octanol–water partition coefficient (Wildman–Crippen LogP) is 6.57. The zero-order chi connectivity index (χ0) is 29.5. The van der Waals surface area contributed by atoms with Gasteiger partial charge in [-0.2, -0.15) is 0 Å². The Bertz CT molecular complexity index is 1120. The number of halogens is 2. The van der Waals surface area contributed by atoms with Gasteiger partial charge in [0, 0.05) is 32.0 Å². The molecule has 1 aliphatic rings. The first-order valence-electron chi connectivity index (χ1n) is 13.9. The highest BCUT2D eigenvalue weighted by Gasteiger charge is 2.65. The first kappa shape index (κ1) is 31.2. The summed E-state index contributed by atoms with van der Waals surface area (Å²) >= 11 is 0. The molecule has 1 atom stereocenters. The van der Waals surface area contributed by atoms with Gasteiger partial charge in [-0.05, 0) is 70.2 Å². The van der Waals surface area contributed by atoms with Crippen LogP contribution in [-0.4, -0.2) is 67.2 Å². The zero-order valence-corrected chi connectivity index (χ0v) is 24.5. The van der Waals surface area contributed by atoms with E-state index in [1.165, 1.54) is 12.6 Å². The van der Waals surface area contributed by atoms with E-state index in [1.807, 2.05) is 58.0 Å². The maximum Gasteiger partial charge on any atom is 0.332 e. The SMILES string of the molecule is CCOc1cc(C(C)N(CCCCc2ccccc2)C(=O)N(C)C2(C(=O)OC)CC(F)(F)C2)cc(OCC)c1C. The van der Waals surface area contributed by atoms with Crippen LogP contribution in [0.15, 0.2) is 42.5 Å². The Morgan fingerprint density at radius 1 is 1.00 bits per heavy atom. The summed E-state index contributed by atoms with van der Waals surface area (Å²) in [6.45, 7) is 8.89. The highest BCUT2D eigenvalue weighted by atomic mass is 19.3. The van der Waals surface area contributed by atoms with Crippen molar-refractivity contribution in [3.8, 4) is 11.5 Å². The molecule has 1 saturated carbocycles. The van der Waals surface area contributed by atoms with Crippen LogP contribution in [0.5, 0.6) is 11.5 Å². The molecule has 220 valence electrons. The second kappa shape index (κ2) is 13.3. The number of aryl methyl sites for hydroxylation is 1. The average Bonchev–Trinajstić information content (AvgIpc) is 2.92. The van der Waals surface area contributed by atoms with Crippen molar-refractivity contribution in [1.29, 1.82) is 0 Å². The lowest BCUT2D eigenvalue weighted by Crippen LogP contribution is -2.68. The molecule has 9 heteroatoms. The Balaban J connectivity index is 1.92. The fourth-order valence-electron chi connectivity index (χ4n) is 5.31. The molecule has 7 nitrogen and oxygen atoms in total. The number of amides is 2. The number of hydrogen-bond acceptors (Lipinski definition) is 5. The highest BCUT2D eigenvalue weighted by molar-refractivity contribution is 5.89. The van der Waals surface area contributed by atoms with E-state index in [-0.39, 0.29) is 0 Å². The van der Waals surface area contributed by atoms with E-state index in [1.54, 1.807) is 4.90 Å². The number of urea groups is 1. The van der Waals surface area contributed by atoms with Gasteiger partial charge < -0.3 is 24.0 Å². The number of methoxy groups -OCH3 is 1. The van der Waals surface area contributed by atoms with Gasteiger partial charge in [-0.15, -0.1) is 0 Å². The topological polar surface area (TPSA) is 68.3 Å². The van der Waals surface area contributed by atoms with Crippen LogP contribution in [0.1, 0.15) is 69.2 Å². The molecule has 2 aromatic rings. The molecule has 1 unspecified atom stereocenters. The number of rotatable bonds is 13. The zero-order valence-electron chi connectivity index (χ0n) is 24.5. The normalized spacial score (nSPS) is 15.9. The van der Waals surface area contributed by atoms with Gasteiger partial charge in [-0.1, -0.05) is 30.3 Å². The Morgan fingerprint density at radius 3 is 2.08 bits per heavy atom. The Kier molecular flexibility index (Phi) is 10.4. The van der Waals surface area contributed by atoms with Crippen LogP contribution in [0.3, 0.4) is 0 Å². The van der Waals surface area contributed by atoms with E-state index in [4.69, 9.17) is 14.2 Å². The number of likely N-dealkylation sites (N-methyl/N-ethyl adjacent to an activating group) is 1. The van der Waals surface area contributed by atoms with Crippen LogP contribution in [0, 0.1) is 6.92 Å². The molecule has 3 rings (SSSR count). The van der Waals surface area contributed by atoms with Gasteiger partial charge in [0.1, 0.15) is 11.5 Å². The largest absolute Gasteiger partial charge is 0.493 e. The number of nitrogens with zero attached hydrogens (tertiary/aromatic N) is 2. The van der Waals surface area contributed by atoms with Crippen LogP contribution >= 0.6 is 0 Å². The molecular weight excluding hydrogens is 518 g/mol. The number of alkyl halides is 2. The van der Waals surface area contributed by atoms with Crippen LogP contribution < -0.4 is 9.47 Å². The Hall–Kier alpha value is -3.36. The molecule has 0 saturated heterocycles. The molecule has 0 aromatic heterocycles. The van der Waals surface area contributed by atoms with Gasteiger partial charge in [0.2, 0.25) is 0 Å². The van der Waals surface area contributed by atoms with Crippen LogP contribution in [0.25, 0.3) is 0 Å². The summed E-state index contributed by atoms with van der Waals surface area (Å²) in [6, 6.07) is 12.9. The minimum Gasteiger partial charge on any atom is -0.493 e. The van der Waals surface area contributed by atoms with E-state index in [9.17, 15) is 18.4 Å². The molecule has 0 radical (unpaired) electrons. The maximum atomic E-state index is 14.1. The maximum absolute atomic E-state index is 14.1. The molecule has 40 heavy (non-hydrogen) atoms. The minimum atomic E-state index is -3.04. The molecule has 2 amide bonds. The summed E-state index contributed by atoms with van der Waals surface area (Å²) in [5, 5.41) is 0. The van der Waals surface area contributed by atoms with Crippen molar-refractivity contribution < 1.29 is 32.6 Å². The predicted molar refractivity (Wildman–Crippen MR) is 150 cm³/mol. The van der Waals surface area contributed by atoms with E-state index in [0.29, 0.717) is 37.7 Å². The molecule has 0 spiro atoms. The summed E-state index contributed by atoms with van der Waals surface area (Å²) < 4.78 is 44.7. The quantitative estimate of drug-likeness (QED) is 0.205. The monoisotopic (exact) mass is 560 g/mol. The molecule has 1 aliphatic carbocycles. The first-order chi connectivity index (χ1) is 19.0. The van der Waals surface area contributed by atoms with Crippen molar-refractivity contribution in [3.63, 3.8) is 0 Å². The Labute approximate surface area is 236 Å². The number of carbonyl (C=O) groups is 2. The molecule has 2 aromatic carbocycles. The van der Waals surface area contributed by atoms with Crippen molar-refractivity contribution >= 4 is 12.0 Å². The number of esters is 1. The third kappa shape index (κ3) is 6.85. The standard InChI is InChI=1S/C31H42F2N2O5/c1-7-39-26-18-25(19-27(22(26)3)40-8-2)23(4)35(17-13-12-16-24-14-10-9-11-15-24)29(37)34(5)30(28(36)38-6)20-31(32,33)21-30/h9-11,14-15,18-19,23H,7-8,12-13,16-17,20-21H2,1-6H3. The van der Waals surface area contributed by atoms with Crippen LogP contribution in [-0.2, 0) is 16.0 Å². The number of ether oxygens (including phenoxy) is 3. The molecule has 1 fully saturated rings. The van der Waals surface area contributed by atoms with Gasteiger partial charge in [0.05, 0.1) is 26.4 Å². The second-order valence-corrected chi connectivity index (χ2v) is 10.4. The number of carbonyl (C=O) groups excluding carboxylic acids is 2. The summed E-state index contributed by atoms with van der Waals surface area (Å²) in [7, 11) is 2.56. The van der Waals surface area contributed by atoms with Gasteiger partial charge in [0.15, 0.2) is 5.54 Å². The first-order valence-corrected chi connectivity index (χ1v) is 13.9. The second-order valence-electron chi connectivity index (χ2n) is 10.4. The van der Waals surface area contributed by atoms with Gasteiger partial charge in [-0.25, -0.2) is 18.4 Å². The van der Waals surface area contributed by atoms with E-state index >= 15 is 0 Å². The summed E-state index contributed by atoms with van der Waals surface area (Å²) in [5.41, 5.74) is 1.14. The van der Waals surface area contributed by atoms with Gasteiger partial charge in [0.25, 0.3) is 5.92 Å². The van der Waals surface area contributed by atoms with Crippen LogP contribution in [0.2, 0.25) is 0 Å². The van der Waals surface area contributed by atoms with E-state index in [0.717, 1.165) is 36.0 Å². The summed E-state index contributed by atoms with van der Waals surface area (Å²) in [5.74, 6) is -2.56. The number of hydrogen-bond donors (Lipinski definition) is 0.